The zero-order valence-corrected chi connectivity index (χ0v) is 10.7. The predicted molar refractivity (Wildman–Crippen MR) is 63.2 cm³/mol. The lowest BCUT2D eigenvalue weighted by Gasteiger charge is -2.58. The van der Waals surface area contributed by atoms with Gasteiger partial charge in [-0.05, 0) is 57.3 Å². The Labute approximate surface area is 107 Å². The molecule has 4 aliphatic rings. The monoisotopic (exact) mass is 249 g/mol. The molecular weight excluding hydrogens is 230 g/mol. The van der Waals surface area contributed by atoms with Crippen molar-refractivity contribution in [3.05, 3.63) is 0 Å². The third-order valence-electron chi connectivity index (χ3n) is 4.93. The number of esters is 1. The summed E-state index contributed by atoms with van der Waals surface area (Å²) in [6.07, 6.45) is 4.33. The third-order valence-corrected chi connectivity index (χ3v) is 4.93. The second kappa shape index (κ2) is 3.71. The van der Waals surface area contributed by atoms with Gasteiger partial charge in [0.15, 0.2) is 6.10 Å². The normalized spacial score (nSPS) is 46.5. The van der Waals surface area contributed by atoms with Gasteiger partial charge in [0.25, 0.3) is 0 Å². The van der Waals surface area contributed by atoms with Gasteiger partial charge in [-0.1, -0.05) is 0 Å². The fourth-order valence-electron chi connectivity index (χ4n) is 4.76. The van der Waals surface area contributed by atoms with E-state index in [1.54, 1.807) is 6.92 Å². The Morgan fingerprint density at radius 2 is 2.00 bits per heavy atom. The standard InChI is InChI=1S/C14H19NO3/c1-9(7-15)18-12(16)13-3-10-2-11(4-13)6-14(17,5-10)8-13/h9-11,17H,2-6,8H2,1H3/t9-,10-,11-,13?,14?/m1/s1. The van der Waals surface area contributed by atoms with Crippen LogP contribution in [0.2, 0.25) is 0 Å². The number of hydrogen-bond donors (Lipinski definition) is 1. The average Bonchev–Trinajstić information content (AvgIpc) is 2.25. The smallest absolute Gasteiger partial charge is 0.313 e. The van der Waals surface area contributed by atoms with Gasteiger partial charge in [0.2, 0.25) is 0 Å². The predicted octanol–water partition coefficient (Wildman–Crippen LogP) is 1.77. The SMILES string of the molecule is C[C@H](C#N)OC(=O)C12C[C@H]3C[C@@H](CC(O)(C3)C1)C2. The molecule has 18 heavy (non-hydrogen) atoms. The molecule has 3 atom stereocenters. The van der Waals surface area contributed by atoms with Crippen LogP contribution in [0.3, 0.4) is 0 Å². The quantitative estimate of drug-likeness (QED) is 0.757. The van der Waals surface area contributed by atoms with Crippen molar-refractivity contribution in [2.24, 2.45) is 17.3 Å². The van der Waals surface area contributed by atoms with Gasteiger partial charge >= 0.3 is 5.97 Å². The molecule has 1 N–H and O–H groups in total. The van der Waals surface area contributed by atoms with Crippen LogP contribution < -0.4 is 0 Å². The van der Waals surface area contributed by atoms with Gasteiger partial charge in [0.05, 0.1) is 11.0 Å². The molecule has 4 nitrogen and oxygen atoms in total. The maximum absolute atomic E-state index is 12.3. The number of nitriles is 1. The van der Waals surface area contributed by atoms with Crippen LogP contribution in [0.15, 0.2) is 0 Å². The Kier molecular flexibility index (Phi) is 2.47. The summed E-state index contributed by atoms with van der Waals surface area (Å²) in [7, 11) is 0. The molecule has 98 valence electrons. The topological polar surface area (TPSA) is 70.3 Å². The molecule has 4 heteroatoms. The fraction of sp³-hybridized carbons (Fsp3) is 0.857. The van der Waals surface area contributed by atoms with E-state index < -0.39 is 17.1 Å². The lowest BCUT2D eigenvalue weighted by molar-refractivity contribution is -0.197. The van der Waals surface area contributed by atoms with Crippen molar-refractivity contribution in [2.45, 2.75) is 57.2 Å². The highest BCUT2D eigenvalue weighted by Crippen LogP contribution is 2.62. The molecule has 4 fully saturated rings. The minimum Gasteiger partial charge on any atom is -0.447 e. The number of ether oxygens (including phenoxy) is 1. The van der Waals surface area contributed by atoms with Crippen LogP contribution >= 0.6 is 0 Å². The third kappa shape index (κ3) is 1.73. The maximum Gasteiger partial charge on any atom is 0.313 e. The molecule has 0 aliphatic heterocycles. The highest BCUT2D eigenvalue weighted by atomic mass is 16.5. The fourth-order valence-corrected chi connectivity index (χ4v) is 4.76. The average molecular weight is 249 g/mol. The van der Waals surface area contributed by atoms with E-state index in [9.17, 15) is 9.90 Å². The number of rotatable bonds is 2. The van der Waals surface area contributed by atoms with Crippen LogP contribution in [-0.2, 0) is 9.53 Å². The van der Waals surface area contributed by atoms with Crippen molar-refractivity contribution in [1.29, 1.82) is 5.26 Å². The van der Waals surface area contributed by atoms with Gasteiger partial charge in [-0.2, -0.15) is 5.26 Å². The minimum atomic E-state index is -0.694. The lowest BCUT2D eigenvalue weighted by atomic mass is 9.48. The molecule has 0 amide bonds. The lowest BCUT2D eigenvalue weighted by Crippen LogP contribution is -2.58. The van der Waals surface area contributed by atoms with Crippen molar-refractivity contribution in [3.8, 4) is 6.07 Å². The van der Waals surface area contributed by atoms with Crippen LogP contribution in [0.4, 0.5) is 0 Å². The van der Waals surface area contributed by atoms with Crippen molar-refractivity contribution < 1.29 is 14.6 Å². The summed E-state index contributed by atoms with van der Waals surface area (Å²) < 4.78 is 5.22. The summed E-state index contributed by atoms with van der Waals surface area (Å²) in [5.41, 5.74) is -1.16. The summed E-state index contributed by atoms with van der Waals surface area (Å²) in [5, 5.41) is 19.3. The molecule has 4 bridgehead atoms. The Balaban J connectivity index is 1.83. The first-order valence-corrected chi connectivity index (χ1v) is 6.78. The molecule has 0 saturated heterocycles. The number of nitrogens with zero attached hydrogens (tertiary/aromatic N) is 1. The molecule has 0 aromatic carbocycles. The van der Waals surface area contributed by atoms with Crippen LogP contribution in [0, 0.1) is 28.6 Å². The van der Waals surface area contributed by atoms with Crippen LogP contribution in [0.1, 0.15) is 45.4 Å². The second-order valence-electron chi connectivity index (χ2n) is 6.64. The zero-order chi connectivity index (χ0) is 13.0. The minimum absolute atomic E-state index is 0.260. The first kappa shape index (κ1) is 12.0. The number of carbonyl (C=O) groups is 1. The van der Waals surface area contributed by atoms with Crippen LogP contribution in [0.5, 0.6) is 0 Å². The number of hydrogen-bond acceptors (Lipinski definition) is 4. The van der Waals surface area contributed by atoms with E-state index in [0.717, 1.165) is 32.1 Å². The van der Waals surface area contributed by atoms with E-state index in [2.05, 4.69) is 0 Å². The van der Waals surface area contributed by atoms with Gasteiger partial charge in [-0.15, -0.1) is 0 Å². The Bertz CT molecular complexity index is 411. The molecule has 0 spiro atoms. The summed E-state index contributed by atoms with van der Waals surface area (Å²) in [5.74, 6) is 0.659. The summed E-state index contributed by atoms with van der Waals surface area (Å²) >= 11 is 0. The first-order valence-electron chi connectivity index (χ1n) is 6.78. The highest BCUT2D eigenvalue weighted by Gasteiger charge is 2.61. The van der Waals surface area contributed by atoms with E-state index in [1.807, 2.05) is 6.07 Å². The van der Waals surface area contributed by atoms with Gasteiger partial charge in [-0.3, -0.25) is 4.79 Å². The van der Waals surface area contributed by atoms with E-state index in [-0.39, 0.29) is 5.97 Å². The molecule has 0 aromatic heterocycles. The van der Waals surface area contributed by atoms with Gasteiger partial charge < -0.3 is 9.84 Å². The van der Waals surface area contributed by atoms with Crippen molar-refractivity contribution >= 4 is 5.97 Å². The molecule has 0 radical (unpaired) electrons. The maximum atomic E-state index is 12.3. The molecule has 0 heterocycles. The van der Waals surface area contributed by atoms with Gasteiger partial charge in [0.1, 0.15) is 6.07 Å². The highest BCUT2D eigenvalue weighted by molar-refractivity contribution is 5.78. The van der Waals surface area contributed by atoms with E-state index in [1.165, 1.54) is 0 Å². The van der Waals surface area contributed by atoms with Gasteiger partial charge in [0, 0.05) is 0 Å². The van der Waals surface area contributed by atoms with E-state index in [4.69, 9.17) is 10.00 Å². The van der Waals surface area contributed by atoms with Crippen molar-refractivity contribution in [3.63, 3.8) is 0 Å². The van der Waals surface area contributed by atoms with E-state index in [0.29, 0.717) is 18.3 Å². The molecule has 4 aliphatic carbocycles. The Morgan fingerprint density at radius 1 is 1.39 bits per heavy atom. The Morgan fingerprint density at radius 3 is 2.50 bits per heavy atom. The summed E-state index contributed by atoms with van der Waals surface area (Å²) in [6, 6.07) is 1.93. The summed E-state index contributed by atoms with van der Waals surface area (Å²) in [4.78, 5) is 12.3. The zero-order valence-electron chi connectivity index (χ0n) is 10.7. The van der Waals surface area contributed by atoms with Crippen molar-refractivity contribution in [2.75, 3.05) is 0 Å². The molecule has 4 saturated carbocycles. The van der Waals surface area contributed by atoms with Crippen LogP contribution in [-0.4, -0.2) is 22.8 Å². The number of aliphatic hydroxyl groups is 1. The largest absolute Gasteiger partial charge is 0.447 e. The second-order valence-corrected chi connectivity index (χ2v) is 6.64. The molecule has 0 aromatic rings. The Hall–Kier alpha value is -1.08. The first-order chi connectivity index (χ1) is 8.45. The van der Waals surface area contributed by atoms with Crippen molar-refractivity contribution in [1.82, 2.24) is 0 Å². The van der Waals surface area contributed by atoms with E-state index >= 15 is 0 Å². The molecule has 4 rings (SSSR count). The molecule has 0 unspecified atom stereocenters. The van der Waals surface area contributed by atoms with Crippen LogP contribution in [0.25, 0.3) is 0 Å². The van der Waals surface area contributed by atoms with Gasteiger partial charge in [-0.25, -0.2) is 0 Å². The summed E-state index contributed by atoms with van der Waals surface area (Å²) in [6.45, 7) is 1.59. The molecular formula is C14H19NO3. The number of carbonyl (C=O) groups excluding carboxylic acids is 1.